The third kappa shape index (κ3) is 4.23. The molecule has 2 aliphatic heterocycles. The molecule has 0 radical (unpaired) electrons. The molecule has 3 N–H and O–H groups in total. The first kappa shape index (κ1) is 22.3. The minimum absolute atomic E-state index is 0.0936. The van der Waals surface area contributed by atoms with Crippen molar-refractivity contribution in [3.8, 4) is 17.4 Å². The number of anilines is 1. The van der Waals surface area contributed by atoms with Gasteiger partial charge in [0.2, 0.25) is 11.8 Å². The molecule has 4 heterocycles. The molecule has 11 heteroatoms. The monoisotopic (exact) mass is 478 g/mol. The third-order valence-corrected chi connectivity index (χ3v) is 5.75. The molecule has 2 amide bonds. The fourth-order valence-corrected chi connectivity index (χ4v) is 4.05. The molecule has 180 valence electrons. The summed E-state index contributed by atoms with van der Waals surface area (Å²) in [5, 5.41) is 11.0. The van der Waals surface area contributed by atoms with E-state index in [4.69, 9.17) is 24.7 Å². The van der Waals surface area contributed by atoms with E-state index in [2.05, 4.69) is 9.97 Å². The molecule has 11 nitrogen and oxygen atoms in total. The number of nitrogens with two attached hydrogens (primary N) is 1. The summed E-state index contributed by atoms with van der Waals surface area (Å²) < 4.78 is 21.7. The van der Waals surface area contributed by atoms with Crippen molar-refractivity contribution >= 4 is 34.5 Å². The van der Waals surface area contributed by atoms with E-state index in [9.17, 15) is 14.7 Å². The number of aliphatic hydroxyl groups is 1. The Kier molecular flexibility index (Phi) is 5.73. The van der Waals surface area contributed by atoms with Gasteiger partial charge in [-0.3, -0.25) is 14.7 Å². The van der Waals surface area contributed by atoms with Crippen LogP contribution in [0.1, 0.15) is 12.0 Å². The number of cyclic esters (lactones) is 1. The summed E-state index contributed by atoms with van der Waals surface area (Å²) in [6.45, 7) is 1.02. The molecule has 0 unspecified atom stereocenters. The van der Waals surface area contributed by atoms with E-state index >= 15 is 0 Å². The van der Waals surface area contributed by atoms with Crippen LogP contribution >= 0.6 is 0 Å². The Hall–Kier alpha value is -4.54. The van der Waals surface area contributed by atoms with Crippen LogP contribution in [0.15, 0.2) is 48.2 Å². The number of hydrogen-bond acceptors (Lipinski definition) is 9. The molecule has 2 aromatic heterocycles. The smallest absolute Gasteiger partial charge is 0.414 e. The molecule has 0 saturated carbocycles. The molecular formula is C24H22N4O7. The average Bonchev–Trinajstić information content (AvgIpc) is 3.25. The maximum atomic E-state index is 12.6. The van der Waals surface area contributed by atoms with Gasteiger partial charge in [0.15, 0.2) is 11.5 Å². The Labute approximate surface area is 199 Å². The predicted octanol–water partition coefficient (Wildman–Crippen LogP) is 2.58. The van der Waals surface area contributed by atoms with E-state index in [-0.39, 0.29) is 29.9 Å². The molecule has 1 fully saturated rings. The Morgan fingerprint density at radius 3 is 2.77 bits per heavy atom. The van der Waals surface area contributed by atoms with Gasteiger partial charge in [-0.1, -0.05) is 0 Å². The Morgan fingerprint density at radius 2 is 2.00 bits per heavy atom. The second-order valence-corrected chi connectivity index (χ2v) is 7.92. The number of methoxy groups -OCH3 is 1. The van der Waals surface area contributed by atoms with Gasteiger partial charge in [0, 0.05) is 30.3 Å². The summed E-state index contributed by atoms with van der Waals surface area (Å²) >= 11 is 0. The SMILES string of the molecule is COc1ccc2nccc(C(O)=C(C[C@@H]3CN(c4ccc5c(c4)OCCO5)C(=O)O3)C(N)=O)c2n1. The van der Waals surface area contributed by atoms with E-state index in [1.165, 1.54) is 24.3 Å². The highest BCUT2D eigenvalue weighted by Crippen LogP contribution is 2.36. The van der Waals surface area contributed by atoms with Gasteiger partial charge in [-0.2, -0.15) is 0 Å². The predicted molar refractivity (Wildman–Crippen MR) is 124 cm³/mol. The van der Waals surface area contributed by atoms with E-state index in [0.29, 0.717) is 47.3 Å². The lowest BCUT2D eigenvalue weighted by atomic mass is 10.0. The lowest BCUT2D eigenvalue weighted by molar-refractivity contribution is -0.114. The summed E-state index contributed by atoms with van der Waals surface area (Å²) in [5.74, 6) is 0.249. The van der Waals surface area contributed by atoms with Crippen molar-refractivity contribution in [2.45, 2.75) is 12.5 Å². The summed E-state index contributed by atoms with van der Waals surface area (Å²) in [7, 11) is 1.47. The Balaban J connectivity index is 1.43. The minimum Gasteiger partial charge on any atom is -0.507 e. The van der Waals surface area contributed by atoms with Crippen molar-refractivity contribution in [2.24, 2.45) is 5.73 Å². The van der Waals surface area contributed by atoms with Gasteiger partial charge in [0.05, 0.1) is 30.4 Å². The topological polar surface area (TPSA) is 146 Å². The number of benzene rings is 1. The quantitative estimate of drug-likeness (QED) is 0.403. The number of aliphatic hydroxyl groups excluding tert-OH is 1. The molecule has 3 aromatic rings. The van der Waals surface area contributed by atoms with Gasteiger partial charge in [-0.05, 0) is 24.3 Å². The van der Waals surface area contributed by atoms with Crippen LogP contribution < -0.4 is 24.8 Å². The van der Waals surface area contributed by atoms with Crippen molar-refractivity contribution in [2.75, 3.05) is 31.8 Å². The van der Waals surface area contributed by atoms with Crippen LogP contribution in [-0.2, 0) is 9.53 Å². The molecule has 0 aliphatic carbocycles. The van der Waals surface area contributed by atoms with Crippen molar-refractivity contribution in [3.63, 3.8) is 0 Å². The first-order valence-corrected chi connectivity index (χ1v) is 10.8. The van der Waals surface area contributed by atoms with Gasteiger partial charge in [-0.15, -0.1) is 0 Å². The molecular weight excluding hydrogens is 456 g/mol. The number of ether oxygens (including phenoxy) is 4. The highest BCUT2D eigenvalue weighted by molar-refractivity contribution is 6.01. The molecule has 5 rings (SSSR count). The Morgan fingerprint density at radius 1 is 1.20 bits per heavy atom. The molecule has 0 spiro atoms. The number of primary amides is 1. The summed E-state index contributed by atoms with van der Waals surface area (Å²) in [4.78, 5) is 34.9. The maximum absolute atomic E-state index is 12.6. The first-order chi connectivity index (χ1) is 16.9. The average molecular weight is 478 g/mol. The van der Waals surface area contributed by atoms with Crippen molar-refractivity contribution in [1.82, 2.24) is 9.97 Å². The largest absolute Gasteiger partial charge is 0.507 e. The molecule has 2 aliphatic rings. The zero-order valence-electron chi connectivity index (χ0n) is 18.8. The second-order valence-electron chi connectivity index (χ2n) is 7.92. The second kappa shape index (κ2) is 9.01. The normalized spacial score (nSPS) is 17.7. The van der Waals surface area contributed by atoms with Crippen LogP contribution in [0.25, 0.3) is 16.8 Å². The number of pyridine rings is 2. The first-order valence-electron chi connectivity index (χ1n) is 10.8. The number of rotatable bonds is 6. The van der Waals surface area contributed by atoms with Crippen LogP contribution in [0, 0.1) is 0 Å². The van der Waals surface area contributed by atoms with Gasteiger partial charge < -0.3 is 29.8 Å². The van der Waals surface area contributed by atoms with Crippen LogP contribution in [-0.4, -0.2) is 60.0 Å². The van der Waals surface area contributed by atoms with E-state index in [1.807, 2.05) is 0 Å². The number of fused-ring (bicyclic) bond motifs is 2. The molecule has 1 saturated heterocycles. The van der Waals surface area contributed by atoms with Crippen LogP contribution in [0.5, 0.6) is 17.4 Å². The van der Waals surface area contributed by atoms with Gasteiger partial charge >= 0.3 is 6.09 Å². The lowest BCUT2D eigenvalue weighted by Gasteiger charge is -2.21. The van der Waals surface area contributed by atoms with E-state index in [1.54, 1.807) is 30.3 Å². The minimum atomic E-state index is -0.843. The van der Waals surface area contributed by atoms with Crippen molar-refractivity contribution < 1.29 is 33.6 Å². The lowest BCUT2D eigenvalue weighted by Crippen LogP contribution is -2.26. The number of carbonyl (C=O) groups excluding carboxylic acids is 2. The summed E-state index contributed by atoms with van der Waals surface area (Å²) in [5.41, 5.74) is 7.17. The zero-order valence-corrected chi connectivity index (χ0v) is 18.8. The molecule has 35 heavy (non-hydrogen) atoms. The summed E-state index contributed by atoms with van der Waals surface area (Å²) in [6, 6.07) is 9.99. The van der Waals surface area contributed by atoms with Crippen molar-refractivity contribution in [3.05, 3.63) is 53.7 Å². The van der Waals surface area contributed by atoms with Crippen LogP contribution in [0.4, 0.5) is 10.5 Å². The number of nitrogens with zero attached hydrogens (tertiary/aromatic N) is 3. The zero-order chi connectivity index (χ0) is 24.5. The maximum Gasteiger partial charge on any atom is 0.414 e. The standard InChI is InChI=1S/C24H22N4O7/c1-32-20-5-3-17-21(27-20)15(6-7-26-17)22(29)16(23(25)30)11-14-12-28(24(31)35-14)13-2-4-18-19(10-13)34-9-8-33-18/h2-7,10,14,29H,8-9,11-12H2,1H3,(H2,25,30)/t14-/m1/s1. The van der Waals surface area contributed by atoms with Gasteiger partial charge in [0.1, 0.15) is 30.6 Å². The highest BCUT2D eigenvalue weighted by atomic mass is 16.6. The third-order valence-electron chi connectivity index (χ3n) is 5.75. The van der Waals surface area contributed by atoms with Crippen LogP contribution in [0.2, 0.25) is 0 Å². The summed E-state index contributed by atoms with van der Waals surface area (Å²) in [6.07, 6.45) is 0.0772. The number of aromatic nitrogens is 2. The number of amides is 2. The fourth-order valence-electron chi connectivity index (χ4n) is 4.05. The Bertz CT molecular complexity index is 1360. The van der Waals surface area contributed by atoms with E-state index in [0.717, 1.165) is 0 Å². The van der Waals surface area contributed by atoms with Gasteiger partial charge in [0.25, 0.3) is 0 Å². The number of hydrogen-bond donors (Lipinski definition) is 2. The number of carbonyl (C=O) groups is 2. The fraction of sp³-hybridized carbons (Fsp3) is 0.250. The van der Waals surface area contributed by atoms with Crippen LogP contribution in [0.3, 0.4) is 0 Å². The highest BCUT2D eigenvalue weighted by Gasteiger charge is 2.35. The van der Waals surface area contributed by atoms with E-state index < -0.39 is 18.1 Å². The van der Waals surface area contributed by atoms with Gasteiger partial charge in [-0.25, -0.2) is 9.78 Å². The molecule has 1 aromatic carbocycles. The molecule has 1 atom stereocenters. The van der Waals surface area contributed by atoms with Crippen molar-refractivity contribution in [1.29, 1.82) is 0 Å². The molecule has 0 bridgehead atoms.